The van der Waals surface area contributed by atoms with Gasteiger partial charge >= 0.3 is 35.5 Å². The molecule has 11 heteroatoms. The summed E-state index contributed by atoms with van der Waals surface area (Å²) in [5, 5.41) is 49.1. The van der Waals surface area contributed by atoms with Crippen molar-refractivity contribution < 1.29 is 64.7 Å². The molecule has 4 unspecified atom stereocenters. The number of carbonyl (C=O) groups excluding carboxylic acids is 1. The summed E-state index contributed by atoms with van der Waals surface area (Å²) in [7, 11) is 0. The van der Waals surface area contributed by atoms with E-state index in [0.29, 0.717) is 6.21 Å². The zero-order valence-electron chi connectivity index (χ0n) is 12.1. The van der Waals surface area contributed by atoms with Gasteiger partial charge in [-0.15, -0.1) is 0 Å². The number of hydrogen-bond donors (Lipinski definition) is 6. The Hall–Kier alpha value is -1.40. The fourth-order valence-corrected chi connectivity index (χ4v) is 1.36. The molecule has 0 aliphatic heterocycles. The van der Waals surface area contributed by atoms with Crippen LogP contribution in [0.5, 0.6) is 0 Å². The first kappa shape index (κ1) is 21.6. The van der Waals surface area contributed by atoms with Gasteiger partial charge in [0.05, 0.1) is 6.21 Å². The predicted octanol–water partition coefficient (Wildman–Crippen LogP) is -5.67. The number of carboxylic acids is 1. The van der Waals surface area contributed by atoms with Crippen LogP contribution in [-0.4, -0.2) is 73.0 Å². The van der Waals surface area contributed by atoms with Crippen molar-refractivity contribution in [2.45, 2.75) is 24.4 Å². The van der Waals surface area contributed by atoms with Gasteiger partial charge in [0.25, 0.3) is 5.91 Å². The minimum Gasteiger partial charge on any atom is -0.479 e. The number of pyridine rings is 1. The SMILES string of the molecule is O=C(N/N=C/C(O)C(O)C(O)C(O)C(=O)O)c1ccncc1.[Na+]. The summed E-state index contributed by atoms with van der Waals surface area (Å²) in [6, 6.07) is 2.84. The molecule has 0 fully saturated rings. The van der Waals surface area contributed by atoms with E-state index < -0.39 is 36.3 Å². The summed E-state index contributed by atoms with van der Waals surface area (Å²) < 4.78 is 0. The molecule has 0 aliphatic carbocycles. The van der Waals surface area contributed by atoms with Gasteiger partial charge in [-0.2, -0.15) is 5.10 Å². The molecule has 0 saturated heterocycles. The van der Waals surface area contributed by atoms with E-state index >= 15 is 0 Å². The van der Waals surface area contributed by atoms with Crippen molar-refractivity contribution in [2.24, 2.45) is 5.10 Å². The van der Waals surface area contributed by atoms with E-state index in [0.717, 1.165) is 0 Å². The monoisotopic (exact) mass is 336 g/mol. The summed E-state index contributed by atoms with van der Waals surface area (Å²) in [6.07, 6.45) is -4.75. The summed E-state index contributed by atoms with van der Waals surface area (Å²) in [5.41, 5.74) is 2.30. The van der Waals surface area contributed by atoms with E-state index in [9.17, 15) is 24.9 Å². The number of nitrogens with zero attached hydrogens (tertiary/aromatic N) is 2. The van der Waals surface area contributed by atoms with E-state index in [1.165, 1.54) is 24.5 Å². The molecular weight excluding hydrogens is 321 g/mol. The van der Waals surface area contributed by atoms with Gasteiger partial charge in [0.1, 0.15) is 18.3 Å². The molecule has 6 N–H and O–H groups in total. The number of carbonyl (C=O) groups is 2. The van der Waals surface area contributed by atoms with Crippen LogP contribution in [-0.2, 0) is 4.79 Å². The van der Waals surface area contributed by atoms with Gasteiger partial charge in [0.15, 0.2) is 6.10 Å². The van der Waals surface area contributed by atoms with Crippen LogP contribution in [0.2, 0.25) is 0 Å². The Balaban J connectivity index is 0.00000484. The first-order valence-electron chi connectivity index (χ1n) is 6.03. The smallest absolute Gasteiger partial charge is 0.479 e. The van der Waals surface area contributed by atoms with Crippen molar-refractivity contribution in [2.75, 3.05) is 0 Å². The summed E-state index contributed by atoms with van der Waals surface area (Å²) in [4.78, 5) is 25.7. The zero-order chi connectivity index (χ0) is 16.7. The Kier molecular flexibility index (Phi) is 9.76. The molecule has 0 radical (unpaired) electrons. The van der Waals surface area contributed by atoms with Gasteiger partial charge in [-0.3, -0.25) is 9.78 Å². The van der Waals surface area contributed by atoms with Crippen LogP contribution in [0, 0.1) is 0 Å². The minimum absolute atomic E-state index is 0. The molecule has 0 saturated carbocycles. The topological polar surface area (TPSA) is 173 Å². The molecular formula is C12H15N3NaO7+. The van der Waals surface area contributed by atoms with Crippen molar-refractivity contribution in [3.8, 4) is 0 Å². The van der Waals surface area contributed by atoms with Crippen molar-refractivity contribution in [1.82, 2.24) is 10.4 Å². The number of carboxylic acid groups (broad SMARTS) is 1. The average Bonchev–Trinajstić information content (AvgIpc) is 2.53. The first-order valence-corrected chi connectivity index (χ1v) is 6.03. The van der Waals surface area contributed by atoms with E-state index in [4.69, 9.17) is 10.2 Å². The molecule has 0 spiro atoms. The predicted molar refractivity (Wildman–Crippen MR) is 71.9 cm³/mol. The standard InChI is InChI=1S/C12H15N3O7.Na/c16-7(8(17)9(18)10(19)12(21)22)5-14-15-11(20)6-1-3-13-4-2-6;/h1-5,7-10,16-19H,(H,15,20)(H,21,22);/q;+1/b14-5+;. The van der Waals surface area contributed by atoms with Crippen LogP contribution >= 0.6 is 0 Å². The van der Waals surface area contributed by atoms with Crippen molar-refractivity contribution >= 4 is 18.1 Å². The molecule has 1 amide bonds. The third-order valence-electron chi connectivity index (χ3n) is 2.61. The second-order valence-corrected chi connectivity index (χ2v) is 4.21. The van der Waals surface area contributed by atoms with Crippen molar-refractivity contribution in [3.63, 3.8) is 0 Å². The number of aromatic nitrogens is 1. The van der Waals surface area contributed by atoms with Crippen LogP contribution < -0.4 is 35.0 Å². The van der Waals surface area contributed by atoms with E-state index in [1.54, 1.807) is 0 Å². The second kappa shape index (κ2) is 10.4. The third kappa shape index (κ3) is 6.71. The van der Waals surface area contributed by atoms with Gasteiger partial charge in [-0.25, -0.2) is 10.2 Å². The largest absolute Gasteiger partial charge is 1.00 e. The summed E-state index contributed by atoms with van der Waals surface area (Å²) in [5.74, 6) is -2.37. The van der Waals surface area contributed by atoms with Crippen molar-refractivity contribution in [3.05, 3.63) is 30.1 Å². The maximum atomic E-state index is 11.6. The molecule has 0 aliphatic rings. The summed E-state index contributed by atoms with van der Waals surface area (Å²) in [6.45, 7) is 0. The molecule has 0 aromatic carbocycles. The second-order valence-electron chi connectivity index (χ2n) is 4.21. The number of hydrazone groups is 1. The molecule has 23 heavy (non-hydrogen) atoms. The Labute approximate surface area is 152 Å². The van der Waals surface area contributed by atoms with Crippen LogP contribution in [0.15, 0.2) is 29.6 Å². The fourth-order valence-electron chi connectivity index (χ4n) is 1.36. The number of aliphatic hydroxyl groups excluding tert-OH is 4. The van der Waals surface area contributed by atoms with Gasteiger partial charge in [-0.05, 0) is 12.1 Å². The molecule has 0 bridgehead atoms. The molecule has 10 nitrogen and oxygen atoms in total. The van der Waals surface area contributed by atoms with Crippen LogP contribution in [0.25, 0.3) is 0 Å². The molecule has 1 heterocycles. The molecule has 1 aromatic rings. The maximum Gasteiger partial charge on any atom is 1.00 e. The first-order chi connectivity index (χ1) is 10.3. The number of nitrogens with one attached hydrogen (secondary N) is 1. The quantitative estimate of drug-likeness (QED) is 0.162. The van der Waals surface area contributed by atoms with Crippen molar-refractivity contribution in [1.29, 1.82) is 0 Å². The van der Waals surface area contributed by atoms with Gasteiger partial charge in [0.2, 0.25) is 0 Å². The normalized spacial score (nSPS) is 16.0. The number of aliphatic hydroxyl groups is 4. The van der Waals surface area contributed by atoms with E-state index in [2.05, 4.69) is 10.1 Å². The number of rotatable bonds is 7. The van der Waals surface area contributed by atoms with Crippen LogP contribution in [0.3, 0.4) is 0 Å². The summed E-state index contributed by atoms with van der Waals surface area (Å²) >= 11 is 0. The average molecular weight is 336 g/mol. The molecule has 4 atom stereocenters. The zero-order valence-corrected chi connectivity index (χ0v) is 14.1. The van der Waals surface area contributed by atoms with Crippen LogP contribution in [0.4, 0.5) is 0 Å². The van der Waals surface area contributed by atoms with Gasteiger partial charge in [0, 0.05) is 18.0 Å². The number of amides is 1. The number of hydrogen-bond acceptors (Lipinski definition) is 8. The Morgan fingerprint density at radius 1 is 1.13 bits per heavy atom. The Morgan fingerprint density at radius 3 is 2.22 bits per heavy atom. The fraction of sp³-hybridized carbons (Fsp3) is 0.333. The van der Waals surface area contributed by atoms with Gasteiger partial charge < -0.3 is 25.5 Å². The van der Waals surface area contributed by atoms with Crippen LogP contribution in [0.1, 0.15) is 10.4 Å². The number of aliphatic carboxylic acids is 1. The van der Waals surface area contributed by atoms with E-state index in [-0.39, 0.29) is 35.1 Å². The maximum absolute atomic E-state index is 11.6. The Bertz CT molecular complexity index is 543. The molecule has 1 aromatic heterocycles. The minimum atomic E-state index is -2.27. The molecule has 120 valence electrons. The van der Waals surface area contributed by atoms with E-state index in [1.807, 2.05) is 5.43 Å². The third-order valence-corrected chi connectivity index (χ3v) is 2.61. The Morgan fingerprint density at radius 2 is 1.70 bits per heavy atom. The molecule has 1 rings (SSSR count). The van der Waals surface area contributed by atoms with Gasteiger partial charge in [-0.1, -0.05) is 0 Å².